The number of nitrogens with zero attached hydrogens (tertiary/aromatic N) is 1. The number of amides is 1. The molecule has 150 valence electrons. The Morgan fingerprint density at radius 1 is 1.03 bits per heavy atom. The van der Waals surface area contributed by atoms with Crippen LogP contribution < -0.4 is 0 Å². The quantitative estimate of drug-likeness (QED) is 0.508. The van der Waals surface area contributed by atoms with Crippen molar-refractivity contribution in [3.05, 3.63) is 83.9 Å². The molecule has 0 saturated carbocycles. The molecule has 3 aromatic carbocycles. The van der Waals surface area contributed by atoms with Gasteiger partial charge >= 0.3 is 6.09 Å². The van der Waals surface area contributed by atoms with Crippen LogP contribution in [0.15, 0.2) is 72.8 Å². The highest BCUT2D eigenvalue weighted by atomic mass is 16.6. The van der Waals surface area contributed by atoms with Crippen LogP contribution in [0.3, 0.4) is 0 Å². The molecule has 0 N–H and O–H groups in total. The molecule has 1 amide bonds. The molecule has 29 heavy (non-hydrogen) atoms. The number of carbonyl (C=O) groups excluding carboxylic acids is 1. The first kappa shape index (κ1) is 19.5. The van der Waals surface area contributed by atoms with Crippen molar-refractivity contribution >= 4 is 16.9 Å². The zero-order chi connectivity index (χ0) is 20.1. The molecule has 3 aromatic rings. The van der Waals surface area contributed by atoms with Gasteiger partial charge in [0.05, 0.1) is 0 Å². The van der Waals surface area contributed by atoms with Crippen molar-refractivity contribution in [2.24, 2.45) is 5.92 Å². The fourth-order valence-corrected chi connectivity index (χ4v) is 4.54. The first-order valence-electron chi connectivity index (χ1n) is 10.6. The Morgan fingerprint density at radius 3 is 2.66 bits per heavy atom. The molecule has 2 atom stereocenters. The molecule has 0 unspecified atom stereocenters. The van der Waals surface area contributed by atoms with Crippen molar-refractivity contribution in [2.45, 2.75) is 38.7 Å². The number of carbonyl (C=O) groups is 1. The monoisotopic (exact) mass is 387 g/mol. The van der Waals surface area contributed by atoms with Crippen LogP contribution in [0.2, 0.25) is 0 Å². The highest BCUT2D eigenvalue weighted by Crippen LogP contribution is 2.33. The maximum atomic E-state index is 12.6. The Hall–Kier alpha value is -2.81. The van der Waals surface area contributed by atoms with E-state index in [0.29, 0.717) is 18.4 Å². The molecule has 1 fully saturated rings. The van der Waals surface area contributed by atoms with Gasteiger partial charge < -0.3 is 9.64 Å². The van der Waals surface area contributed by atoms with E-state index in [2.05, 4.69) is 49.4 Å². The van der Waals surface area contributed by atoms with Crippen molar-refractivity contribution < 1.29 is 9.53 Å². The molecule has 0 spiro atoms. The number of rotatable bonds is 5. The van der Waals surface area contributed by atoms with Crippen molar-refractivity contribution in [1.82, 2.24) is 4.90 Å². The van der Waals surface area contributed by atoms with E-state index in [0.717, 1.165) is 31.5 Å². The van der Waals surface area contributed by atoms with Gasteiger partial charge in [-0.15, -0.1) is 0 Å². The van der Waals surface area contributed by atoms with Crippen LogP contribution in [-0.4, -0.2) is 24.1 Å². The molecule has 4 rings (SSSR count). The summed E-state index contributed by atoms with van der Waals surface area (Å²) in [5.41, 5.74) is 2.44. The van der Waals surface area contributed by atoms with Crippen molar-refractivity contribution in [1.29, 1.82) is 0 Å². The van der Waals surface area contributed by atoms with Crippen molar-refractivity contribution in [3.8, 4) is 0 Å². The number of benzene rings is 3. The smallest absolute Gasteiger partial charge is 0.410 e. The third-order valence-corrected chi connectivity index (χ3v) is 6.02. The molecule has 1 aliphatic heterocycles. The Labute approximate surface area is 173 Å². The number of hydrogen-bond donors (Lipinski definition) is 0. The van der Waals surface area contributed by atoms with E-state index in [4.69, 9.17) is 4.74 Å². The first-order chi connectivity index (χ1) is 14.2. The minimum absolute atomic E-state index is 0.184. The van der Waals surface area contributed by atoms with Crippen LogP contribution in [0.1, 0.15) is 43.2 Å². The third-order valence-electron chi connectivity index (χ3n) is 6.02. The second-order valence-corrected chi connectivity index (χ2v) is 8.20. The largest absolute Gasteiger partial charge is 0.445 e. The fourth-order valence-electron chi connectivity index (χ4n) is 4.54. The van der Waals surface area contributed by atoms with Crippen molar-refractivity contribution in [3.63, 3.8) is 0 Å². The highest BCUT2D eigenvalue weighted by molar-refractivity contribution is 5.86. The maximum absolute atomic E-state index is 12.6. The van der Waals surface area contributed by atoms with Gasteiger partial charge in [0.15, 0.2) is 0 Å². The van der Waals surface area contributed by atoms with Crippen LogP contribution in [-0.2, 0) is 11.3 Å². The van der Waals surface area contributed by atoms with Gasteiger partial charge in [0.25, 0.3) is 0 Å². The third kappa shape index (κ3) is 4.79. The van der Waals surface area contributed by atoms with E-state index in [9.17, 15) is 4.79 Å². The molecule has 1 saturated heterocycles. The molecule has 1 heterocycles. The second kappa shape index (κ2) is 9.13. The molecule has 0 bridgehead atoms. The summed E-state index contributed by atoms with van der Waals surface area (Å²) in [6.45, 7) is 4.25. The lowest BCUT2D eigenvalue weighted by Crippen LogP contribution is -2.40. The minimum atomic E-state index is -0.184. The Kier molecular flexibility index (Phi) is 6.14. The molecule has 3 nitrogen and oxygen atoms in total. The standard InChI is InChI=1S/C26H29NO2/c1-20(24-15-7-13-23-12-5-6-14-25(23)24)17-22-11-8-16-27(18-22)26(28)29-19-21-9-3-2-4-10-21/h2-7,9-10,12-15,20,22H,8,11,16-19H2,1H3/t20-,22-/m0/s1. The summed E-state index contributed by atoms with van der Waals surface area (Å²) in [7, 11) is 0. The van der Waals surface area contributed by atoms with Gasteiger partial charge in [0.2, 0.25) is 0 Å². The van der Waals surface area contributed by atoms with Crippen LogP contribution in [0.4, 0.5) is 4.79 Å². The van der Waals surface area contributed by atoms with Crippen molar-refractivity contribution in [2.75, 3.05) is 13.1 Å². The Balaban J connectivity index is 1.36. The van der Waals surface area contributed by atoms with E-state index in [-0.39, 0.29) is 6.09 Å². The van der Waals surface area contributed by atoms with Crippen LogP contribution in [0.5, 0.6) is 0 Å². The number of ether oxygens (including phenoxy) is 1. The summed E-state index contributed by atoms with van der Waals surface area (Å²) >= 11 is 0. The SMILES string of the molecule is C[C@@H](C[C@@H]1CCCN(C(=O)OCc2ccccc2)C1)c1cccc2ccccc12. The van der Waals surface area contributed by atoms with E-state index in [1.807, 2.05) is 35.2 Å². The number of hydrogen-bond acceptors (Lipinski definition) is 2. The predicted octanol–water partition coefficient (Wildman–Crippen LogP) is 6.38. The van der Waals surface area contributed by atoms with Gasteiger partial charge in [0.1, 0.15) is 6.61 Å². The van der Waals surface area contributed by atoms with E-state index in [1.165, 1.54) is 22.8 Å². The molecule has 3 heteroatoms. The average Bonchev–Trinajstić information content (AvgIpc) is 2.78. The maximum Gasteiger partial charge on any atom is 0.410 e. The summed E-state index contributed by atoms with van der Waals surface area (Å²) in [5.74, 6) is 0.980. The second-order valence-electron chi connectivity index (χ2n) is 8.20. The lowest BCUT2D eigenvalue weighted by Gasteiger charge is -2.33. The first-order valence-corrected chi connectivity index (χ1v) is 10.6. The zero-order valence-electron chi connectivity index (χ0n) is 17.1. The van der Waals surface area contributed by atoms with Gasteiger partial charge in [-0.1, -0.05) is 79.7 Å². The number of fused-ring (bicyclic) bond motifs is 1. The summed E-state index contributed by atoms with van der Waals surface area (Å²) in [6.07, 6.45) is 3.14. The highest BCUT2D eigenvalue weighted by Gasteiger charge is 2.26. The summed E-state index contributed by atoms with van der Waals surface area (Å²) in [6, 6.07) is 25.1. The lowest BCUT2D eigenvalue weighted by atomic mass is 9.84. The average molecular weight is 388 g/mol. The Bertz CT molecular complexity index is 948. The van der Waals surface area contributed by atoms with Gasteiger partial charge in [-0.05, 0) is 53.0 Å². The van der Waals surface area contributed by atoms with Gasteiger partial charge in [-0.25, -0.2) is 4.79 Å². The summed E-state index contributed by atoms with van der Waals surface area (Å²) in [4.78, 5) is 14.4. The summed E-state index contributed by atoms with van der Waals surface area (Å²) in [5, 5.41) is 2.64. The molecule has 0 aromatic heterocycles. The lowest BCUT2D eigenvalue weighted by molar-refractivity contribution is 0.0772. The van der Waals surface area contributed by atoms with Crippen LogP contribution >= 0.6 is 0 Å². The van der Waals surface area contributed by atoms with Crippen LogP contribution in [0.25, 0.3) is 10.8 Å². The topological polar surface area (TPSA) is 29.5 Å². The molecule has 0 aliphatic carbocycles. The zero-order valence-corrected chi connectivity index (χ0v) is 17.1. The number of likely N-dealkylation sites (tertiary alicyclic amines) is 1. The van der Waals surface area contributed by atoms with E-state index in [1.54, 1.807) is 0 Å². The molecular weight excluding hydrogens is 358 g/mol. The van der Waals surface area contributed by atoms with Gasteiger partial charge in [0, 0.05) is 13.1 Å². The molecule has 1 aliphatic rings. The molecule has 0 radical (unpaired) electrons. The van der Waals surface area contributed by atoms with Gasteiger partial charge in [-0.3, -0.25) is 0 Å². The fraction of sp³-hybridized carbons (Fsp3) is 0.346. The molecular formula is C26H29NO2. The van der Waals surface area contributed by atoms with Crippen LogP contribution in [0, 0.1) is 5.92 Å². The minimum Gasteiger partial charge on any atom is -0.445 e. The number of piperidine rings is 1. The van der Waals surface area contributed by atoms with Gasteiger partial charge in [-0.2, -0.15) is 0 Å². The Morgan fingerprint density at radius 2 is 1.79 bits per heavy atom. The van der Waals surface area contributed by atoms with E-state index >= 15 is 0 Å². The summed E-state index contributed by atoms with van der Waals surface area (Å²) < 4.78 is 5.55. The predicted molar refractivity (Wildman–Crippen MR) is 118 cm³/mol. The normalized spacial score (nSPS) is 17.8. The van der Waals surface area contributed by atoms with E-state index < -0.39 is 0 Å².